The van der Waals surface area contributed by atoms with E-state index in [0.717, 1.165) is 31.6 Å². The number of hydrogen-bond acceptors (Lipinski definition) is 3. The van der Waals surface area contributed by atoms with Crippen LogP contribution in [-0.4, -0.2) is 42.5 Å². The number of aryl methyl sites for hydroxylation is 1. The number of amides is 1. The lowest BCUT2D eigenvalue weighted by atomic mass is 9.97. The summed E-state index contributed by atoms with van der Waals surface area (Å²) in [6, 6.07) is 1.91. The maximum atomic E-state index is 12.4. The Bertz CT molecular complexity index is 417. The van der Waals surface area contributed by atoms with Gasteiger partial charge in [-0.05, 0) is 50.9 Å². The Balaban J connectivity index is 2.04. The Morgan fingerprint density at radius 2 is 2.39 bits per heavy atom. The van der Waals surface area contributed by atoms with E-state index >= 15 is 0 Å². The lowest BCUT2D eigenvalue weighted by Crippen LogP contribution is -2.42. The van der Waals surface area contributed by atoms with E-state index in [4.69, 9.17) is 0 Å². The van der Waals surface area contributed by atoms with Gasteiger partial charge in [0.15, 0.2) is 0 Å². The van der Waals surface area contributed by atoms with Crippen molar-refractivity contribution in [3.05, 3.63) is 29.6 Å². The van der Waals surface area contributed by atoms with Crippen molar-refractivity contribution in [2.75, 3.05) is 26.7 Å². The van der Waals surface area contributed by atoms with Crippen LogP contribution in [0.25, 0.3) is 0 Å². The van der Waals surface area contributed by atoms with Crippen LogP contribution >= 0.6 is 0 Å². The third kappa shape index (κ3) is 3.07. The fraction of sp³-hybridized carbons (Fsp3) is 0.571. The summed E-state index contributed by atoms with van der Waals surface area (Å²) < 4.78 is 0. The van der Waals surface area contributed by atoms with Gasteiger partial charge in [0.1, 0.15) is 0 Å². The molecule has 4 heteroatoms. The highest BCUT2D eigenvalue weighted by Gasteiger charge is 2.24. The molecule has 1 aromatic heterocycles. The molecule has 18 heavy (non-hydrogen) atoms. The summed E-state index contributed by atoms with van der Waals surface area (Å²) in [5, 5.41) is 3.20. The summed E-state index contributed by atoms with van der Waals surface area (Å²) >= 11 is 0. The summed E-state index contributed by atoms with van der Waals surface area (Å²) in [7, 11) is 1.96. The van der Waals surface area contributed by atoms with Crippen LogP contribution in [0.2, 0.25) is 0 Å². The zero-order valence-electron chi connectivity index (χ0n) is 11.1. The summed E-state index contributed by atoms with van der Waals surface area (Å²) in [5.74, 6) is 0.692. The van der Waals surface area contributed by atoms with Gasteiger partial charge in [-0.15, -0.1) is 0 Å². The van der Waals surface area contributed by atoms with Crippen molar-refractivity contribution in [3.63, 3.8) is 0 Å². The van der Waals surface area contributed by atoms with Gasteiger partial charge in [0, 0.05) is 25.5 Å². The fourth-order valence-electron chi connectivity index (χ4n) is 2.56. The Labute approximate surface area is 108 Å². The van der Waals surface area contributed by atoms with Gasteiger partial charge in [0.25, 0.3) is 5.91 Å². The number of aromatic nitrogens is 1. The molecule has 1 aliphatic heterocycles. The molecule has 0 saturated carbocycles. The van der Waals surface area contributed by atoms with Crippen molar-refractivity contribution in [1.29, 1.82) is 0 Å². The minimum atomic E-state index is 0.118. The molecule has 0 radical (unpaired) electrons. The van der Waals surface area contributed by atoms with E-state index in [1.165, 1.54) is 6.42 Å². The largest absolute Gasteiger partial charge is 0.338 e. The first-order valence-corrected chi connectivity index (χ1v) is 6.56. The highest BCUT2D eigenvalue weighted by molar-refractivity contribution is 5.94. The number of rotatable bonds is 3. The van der Waals surface area contributed by atoms with Gasteiger partial charge in [0.05, 0.1) is 5.56 Å². The molecule has 0 aromatic carbocycles. The van der Waals surface area contributed by atoms with Crippen molar-refractivity contribution in [2.24, 2.45) is 5.92 Å². The zero-order chi connectivity index (χ0) is 13.0. The third-order valence-electron chi connectivity index (χ3n) is 3.42. The van der Waals surface area contributed by atoms with Gasteiger partial charge >= 0.3 is 0 Å². The lowest BCUT2D eigenvalue weighted by molar-refractivity contribution is 0.0673. The predicted octanol–water partition coefficient (Wildman–Crippen LogP) is 1.46. The van der Waals surface area contributed by atoms with Gasteiger partial charge in [-0.25, -0.2) is 0 Å². The van der Waals surface area contributed by atoms with E-state index in [1.54, 1.807) is 12.4 Å². The van der Waals surface area contributed by atoms with Crippen LogP contribution < -0.4 is 5.32 Å². The van der Waals surface area contributed by atoms with Gasteiger partial charge in [-0.2, -0.15) is 0 Å². The second-order valence-corrected chi connectivity index (χ2v) is 5.07. The molecule has 1 amide bonds. The maximum absolute atomic E-state index is 12.4. The average molecular weight is 247 g/mol. The van der Waals surface area contributed by atoms with Crippen molar-refractivity contribution >= 4 is 5.91 Å². The SMILES string of the molecule is CNCC1CCCN(C(=O)c2cncc(C)c2)C1. The third-order valence-corrected chi connectivity index (χ3v) is 3.42. The molecule has 0 spiro atoms. The van der Waals surface area contributed by atoms with Crippen LogP contribution in [0.15, 0.2) is 18.5 Å². The number of pyridine rings is 1. The number of carbonyl (C=O) groups is 1. The minimum Gasteiger partial charge on any atom is -0.338 e. The molecule has 98 valence electrons. The lowest BCUT2D eigenvalue weighted by Gasteiger charge is -2.32. The molecule has 2 rings (SSSR count). The summed E-state index contributed by atoms with van der Waals surface area (Å²) in [6.45, 7) is 4.67. The number of nitrogens with one attached hydrogen (secondary N) is 1. The monoisotopic (exact) mass is 247 g/mol. The standard InChI is InChI=1S/C14H21N3O/c1-11-6-13(9-16-7-11)14(18)17-5-3-4-12(10-17)8-15-2/h6-7,9,12,15H,3-5,8,10H2,1-2H3. The van der Waals surface area contributed by atoms with E-state index < -0.39 is 0 Å². The molecule has 1 N–H and O–H groups in total. The smallest absolute Gasteiger partial charge is 0.255 e. The number of nitrogens with zero attached hydrogens (tertiary/aromatic N) is 2. The second kappa shape index (κ2) is 5.96. The highest BCUT2D eigenvalue weighted by atomic mass is 16.2. The van der Waals surface area contributed by atoms with Crippen LogP contribution in [0.1, 0.15) is 28.8 Å². The Hall–Kier alpha value is -1.42. The van der Waals surface area contributed by atoms with E-state index in [0.29, 0.717) is 11.5 Å². The van der Waals surface area contributed by atoms with Gasteiger partial charge in [0.2, 0.25) is 0 Å². The van der Waals surface area contributed by atoms with Crippen molar-refractivity contribution in [1.82, 2.24) is 15.2 Å². The van der Waals surface area contributed by atoms with E-state index in [9.17, 15) is 4.79 Å². The van der Waals surface area contributed by atoms with Gasteiger partial charge in [-0.1, -0.05) is 0 Å². The fourth-order valence-corrected chi connectivity index (χ4v) is 2.56. The molecule has 4 nitrogen and oxygen atoms in total. The maximum Gasteiger partial charge on any atom is 0.255 e. The number of hydrogen-bond donors (Lipinski definition) is 1. The second-order valence-electron chi connectivity index (χ2n) is 5.07. The van der Waals surface area contributed by atoms with Crippen molar-refractivity contribution in [3.8, 4) is 0 Å². The molecular weight excluding hydrogens is 226 g/mol. The molecule has 1 unspecified atom stereocenters. The highest BCUT2D eigenvalue weighted by Crippen LogP contribution is 2.18. The van der Waals surface area contributed by atoms with Gasteiger partial charge < -0.3 is 10.2 Å². The van der Waals surface area contributed by atoms with Gasteiger partial charge in [-0.3, -0.25) is 9.78 Å². The van der Waals surface area contributed by atoms with E-state index in [1.807, 2.05) is 24.9 Å². The molecule has 1 aliphatic rings. The van der Waals surface area contributed by atoms with Crippen LogP contribution in [0.5, 0.6) is 0 Å². The number of carbonyl (C=O) groups excluding carboxylic acids is 1. The summed E-state index contributed by atoms with van der Waals surface area (Å²) in [6.07, 6.45) is 5.74. The zero-order valence-corrected chi connectivity index (χ0v) is 11.1. The minimum absolute atomic E-state index is 0.118. The topological polar surface area (TPSA) is 45.2 Å². The molecule has 1 atom stereocenters. The quantitative estimate of drug-likeness (QED) is 0.879. The summed E-state index contributed by atoms with van der Waals surface area (Å²) in [5.41, 5.74) is 1.74. The molecule has 2 heterocycles. The molecule has 1 saturated heterocycles. The summed E-state index contributed by atoms with van der Waals surface area (Å²) in [4.78, 5) is 18.4. The van der Waals surface area contributed by atoms with Crippen LogP contribution in [0, 0.1) is 12.8 Å². The first-order chi connectivity index (χ1) is 8.70. The molecular formula is C14H21N3O. The first-order valence-electron chi connectivity index (χ1n) is 6.56. The van der Waals surface area contributed by atoms with E-state index in [2.05, 4.69) is 10.3 Å². The molecule has 1 fully saturated rings. The molecule has 0 bridgehead atoms. The van der Waals surface area contributed by atoms with Crippen LogP contribution in [0.4, 0.5) is 0 Å². The number of piperidine rings is 1. The van der Waals surface area contributed by atoms with Crippen molar-refractivity contribution < 1.29 is 4.79 Å². The van der Waals surface area contributed by atoms with Crippen molar-refractivity contribution in [2.45, 2.75) is 19.8 Å². The average Bonchev–Trinajstić information content (AvgIpc) is 2.39. The predicted molar refractivity (Wildman–Crippen MR) is 71.5 cm³/mol. The first kappa shape index (κ1) is 13.0. The Morgan fingerprint density at radius 1 is 1.56 bits per heavy atom. The van der Waals surface area contributed by atoms with E-state index in [-0.39, 0.29) is 5.91 Å². The van der Waals surface area contributed by atoms with Crippen LogP contribution in [-0.2, 0) is 0 Å². The van der Waals surface area contributed by atoms with Crippen LogP contribution in [0.3, 0.4) is 0 Å². The number of likely N-dealkylation sites (tertiary alicyclic amines) is 1. The molecule has 1 aromatic rings. The Kier molecular flexibility index (Phi) is 4.31. The normalized spacial score (nSPS) is 19.9. The molecule has 0 aliphatic carbocycles. The Morgan fingerprint density at radius 3 is 3.11 bits per heavy atom.